The molecule has 2 aromatic carbocycles. The first-order chi connectivity index (χ1) is 24.0. The molecular weight excluding hydrogens is 616 g/mol. The van der Waals surface area contributed by atoms with E-state index in [1.165, 1.54) is 6.33 Å². The summed E-state index contributed by atoms with van der Waals surface area (Å²) in [4.78, 5) is 39.8. The number of hydrogen-bond donors (Lipinski definition) is 2. The lowest BCUT2D eigenvalue weighted by molar-refractivity contribution is -0.132. The number of nitrogens with zero attached hydrogens (tertiary/aromatic N) is 4. The molecule has 1 fully saturated rings. The van der Waals surface area contributed by atoms with Crippen molar-refractivity contribution in [3.63, 3.8) is 0 Å². The summed E-state index contributed by atoms with van der Waals surface area (Å²) in [7, 11) is 1.60. The van der Waals surface area contributed by atoms with Gasteiger partial charge >= 0.3 is 0 Å². The zero-order chi connectivity index (χ0) is 34.3. The van der Waals surface area contributed by atoms with Gasteiger partial charge in [-0.1, -0.05) is 30.9 Å². The largest absolute Gasteiger partial charge is 0.493 e. The smallest absolute Gasteiger partial charge is 0.243 e. The van der Waals surface area contributed by atoms with Crippen LogP contribution in [0.4, 0.5) is 11.5 Å². The molecule has 2 aromatic heterocycles. The Morgan fingerprint density at radius 1 is 1.04 bits per heavy atom. The molecule has 0 spiro atoms. The topological polar surface area (TPSA) is 119 Å². The summed E-state index contributed by atoms with van der Waals surface area (Å²) in [6.07, 6.45) is 21.0. The maximum Gasteiger partial charge on any atom is 0.243 e. The van der Waals surface area contributed by atoms with E-state index >= 15 is 0 Å². The Morgan fingerprint density at radius 2 is 1.92 bits per heavy atom. The molecule has 0 atom stereocenters. The summed E-state index contributed by atoms with van der Waals surface area (Å²) >= 11 is 0. The van der Waals surface area contributed by atoms with E-state index in [0.29, 0.717) is 42.8 Å². The number of ether oxygens (including phenoxy) is 2. The molecular formula is C39H44N6O4. The van der Waals surface area contributed by atoms with Crippen LogP contribution in [0, 0.1) is 18.3 Å². The molecule has 2 amide bonds. The Hall–Kier alpha value is -5.43. The highest BCUT2D eigenvalue weighted by molar-refractivity contribution is 5.93. The number of carbonyl (C=O) groups is 2. The van der Waals surface area contributed by atoms with Crippen molar-refractivity contribution >= 4 is 40.3 Å². The Labute approximate surface area is 288 Å². The predicted molar refractivity (Wildman–Crippen MR) is 193 cm³/mol. The minimum atomic E-state index is -0.0862. The van der Waals surface area contributed by atoms with Crippen molar-refractivity contribution in [1.29, 1.82) is 0 Å². The average Bonchev–Trinajstić information content (AvgIpc) is 3.14. The van der Waals surface area contributed by atoms with E-state index in [9.17, 15) is 9.59 Å². The van der Waals surface area contributed by atoms with Gasteiger partial charge in [0.25, 0.3) is 0 Å². The molecule has 4 aromatic rings. The van der Waals surface area contributed by atoms with Crippen LogP contribution in [-0.4, -0.2) is 65.0 Å². The highest BCUT2D eigenvalue weighted by atomic mass is 16.5. The lowest BCUT2D eigenvalue weighted by atomic mass is 9.91. The van der Waals surface area contributed by atoms with Crippen LogP contribution in [0.25, 0.3) is 17.0 Å². The molecule has 5 rings (SSSR count). The van der Waals surface area contributed by atoms with Crippen LogP contribution in [-0.2, 0) is 9.59 Å². The number of benzene rings is 2. The van der Waals surface area contributed by atoms with E-state index in [-0.39, 0.29) is 11.8 Å². The molecule has 1 aliphatic heterocycles. The van der Waals surface area contributed by atoms with Gasteiger partial charge in [0.2, 0.25) is 11.8 Å². The van der Waals surface area contributed by atoms with Gasteiger partial charge in [-0.3, -0.25) is 14.6 Å². The van der Waals surface area contributed by atoms with E-state index in [1.54, 1.807) is 31.7 Å². The molecule has 0 radical (unpaired) electrons. The quantitative estimate of drug-likeness (QED) is 0.0790. The zero-order valence-corrected chi connectivity index (χ0v) is 28.1. The SMILES string of the molecule is C#Cc1cccc(Nc2ncnc3cc(OC)c(OCCCCC(=O)N4CCC(CCCCNC(=O)/C=C/c5cccnc5)CC4)cc23)c1. The number of carbonyl (C=O) groups excluding carboxylic acids is 2. The summed E-state index contributed by atoms with van der Waals surface area (Å²) in [6.45, 7) is 2.75. The summed E-state index contributed by atoms with van der Waals surface area (Å²) in [5, 5.41) is 7.07. The fourth-order valence-electron chi connectivity index (χ4n) is 5.92. The van der Waals surface area contributed by atoms with Crippen LogP contribution < -0.4 is 20.1 Å². The van der Waals surface area contributed by atoms with Gasteiger partial charge in [-0.2, -0.15) is 0 Å². The number of hydrogen-bond acceptors (Lipinski definition) is 8. The van der Waals surface area contributed by atoms with Gasteiger partial charge in [-0.15, -0.1) is 6.42 Å². The van der Waals surface area contributed by atoms with Crippen molar-refractivity contribution < 1.29 is 19.1 Å². The molecule has 1 aliphatic rings. The number of anilines is 2. The zero-order valence-electron chi connectivity index (χ0n) is 28.1. The number of likely N-dealkylation sites (tertiary alicyclic amines) is 1. The van der Waals surface area contributed by atoms with Gasteiger partial charge < -0.3 is 25.0 Å². The first-order valence-electron chi connectivity index (χ1n) is 17.0. The third kappa shape index (κ3) is 10.5. The molecule has 0 saturated carbocycles. The number of pyridine rings is 1. The third-order valence-corrected chi connectivity index (χ3v) is 8.67. The minimum Gasteiger partial charge on any atom is -0.493 e. The fraction of sp³-hybridized carbons (Fsp3) is 0.359. The van der Waals surface area contributed by atoms with Gasteiger partial charge in [-0.05, 0) is 80.0 Å². The molecule has 49 heavy (non-hydrogen) atoms. The monoisotopic (exact) mass is 660 g/mol. The highest BCUT2D eigenvalue weighted by Crippen LogP contribution is 2.35. The van der Waals surface area contributed by atoms with Crippen molar-refractivity contribution in [3.8, 4) is 23.8 Å². The van der Waals surface area contributed by atoms with Crippen LogP contribution in [0.1, 0.15) is 62.5 Å². The van der Waals surface area contributed by atoms with Crippen molar-refractivity contribution in [2.45, 2.75) is 51.4 Å². The van der Waals surface area contributed by atoms with Gasteiger partial charge in [0.15, 0.2) is 11.5 Å². The second kappa shape index (κ2) is 18.2. The molecule has 0 unspecified atom stereocenters. The van der Waals surface area contributed by atoms with Gasteiger partial charge in [-0.25, -0.2) is 9.97 Å². The number of aromatic nitrogens is 3. The second-order valence-corrected chi connectivity index (χ2v) is 12.1. The summed E-state index contributed by atoms with van der Waals surface area (Å²) in [6, 6.07) is 15.1. The standard InChI is InChI=1S/C39H44N6O4/c1-3-29-11-8-13-32(24-29)44-39-33-25-36(35(48-2)26-34(33)42-28-43-39)49-23-7-5-14-38(47)45-21-17-30(18-22-45)10-4-6-20-41-37(46)16-15-31-12-9-19-40-27-31/h1,8-9,11-13,15-16,19,24-28,30H,4-7,10,14,17-18,20-23H2,2H3,(H,41,46)(H,42,43,44)/b16-15+. The molecule has 2 N–H and O–H groups in total. The first-order valence-corrected chi connectivity index (χ1v) is 17.0. The number of fused-ring (bicyclic) bond motifs is 1. The molecule has 10 heteroatoms. The second-order valence-electron chi connectivity index (χ2n) is 12.1. The number of unbranched alkanes of at least 4 members (excludes halogenated alkanes) is 2. The van der Waals surface area contributed by atoms with E-state index in [4.69, 9.17) is 15.9 Å². The number of terminal acetylenes is 1. The van der Waals surface area contributed by atoms with Crippen LogP contribution >= 0.6 is 0 Å². The Morgan fingerprint density at radius 3 is 2.71 bits per heavy atom. The average molecular weight is 661 g/mol. The van der Waals surface area contributed by atoms with Gasteiger partial charge in [0, 0.05) is 67.2 Å². The lowest BCUT2D eigenvalue weighted by Crippen LogP contribution is -2.38. The lowest BCUT2D eigenvalue weighted by Gasteiger charge is -2.32. The Balaban J connectivity index is 0.984. The predicted octanol–water partition coefficient (Wildman–Crippen LogP) is 6.55. The Bertz CT molecular complexity index is 1760. The molecule has 0 bridgehead atoms. The summed E-state index contributed by atoms with van der Waals surface area (Å²) in [5.41, 5.74) is 3.22. The van der Waals surface area contributed by atoms with E-state index in [1.807, 2.05) is 53.4 Å². The van der Waals surface area contributed by atoms with Gasteiger partial charge in [0.05, 0.1) is 19.2 Å². The minimum absolute atomic E-state index is 0.0862. The van der Waals surface area contributed by atoms with Crippen LogP contribution in [0.15, 0.2) is 73.3 Å². The molecule has 0 aliphatic carbocycles. The van der Waals surface area contributed by atoms with Crippen molar-refractivity contribution in [2.24, 2.45) is 5.92 Å². The van der Waals surface area contributed by atoms with Crippen molar-refractivity contribution in [3.05, 3.63) is 84.5 Å². The Kier molecular flexibility index (Phi) is 13.0. The van der Waals surface area contributed by atoms with Crippen molar-refractivity contribution in [2.75, 3.05) is 38.7 Å². The van der Waals surface area contributed by atoms with E-state index in [2.05, 4.69) is 31.5 Å². The third-order valence-electron chi connectivity index (χ3n) is 8.67. The summed E-state index contributed by atoms with van der Waals surface area (Å²) in [5.74, 6) is 5.22. The highest BCUT2D eigenvalue weighted by Gasteiger charge is 2.22. The number of amides is 2. The van der Waals surface area contributed by atoms with Crippen LogP contribution in [0.5, 0.6) is 11.5 Å². The number of piperidine rings is 1. The van der Waals surface area contributed by atoms with Crippen LogP contribution in [0.3, 0.4) is 0 Å². The molecule has 254 valence electrons. The number of rotatable bonds is 16. The van der Waals surface area contributed by atoms with Crippen LogP contribution in [0.2, 0.25) is 0 Å². The normalized spacial score (nSPS) is 13.3. The first kappa shape index (κ1) is 34.9. The van der Waals surface area contributed by atoms with E-state index < -0.39 is 0 Å². The number of nitrogens with one attached hydrogen (secondary N) is 2. The fourth-order valence-corrected chi connectivity index (χ4v) is 5.92. The maximum absolute atomic E-state index is 12.9. The number of methoxy groups -OCH3 is 1. The molecule has 1 saturated heterocycles. The summed E-state index contributed by atoms with van der Waals surface area (Å²) < 4.78 is 11.7. The maximum atomic E-state index is 12.9. The molecule has 10 nitrogen and oxygen atoms in total. The van der Waals surface area contributed by atoms with Gasteiger partial charge in [0.1, 0.15) is 12.1 Å². The molecule has 3 heterocycles. The van der Waals surface area contributed by atoms with E-state index in [0.717, 1.165) is 85.8 Å². The van der Waals surface area contributed by atoms with Crippen molar-refractivity contribution in [1.82, 2.24) is 25.2 Å².